The maximum Gasteiger partial charge on any atom is 0.148 e. The highest BCUT2D eigenvalue weighted by Crippen LogP contribution is 1.90. The standard InChI is InChI=1S/C4H6N4/c1-5-4-2-7-8-3-6-4/h2-3H,1H3,(H,5,6,8). The van der Waals surface area contributed by atoms with E-state index in [1.54, 1.807) is 13.2 Å². The molecule has 0 atom stereocenters. The summed E-state index contributed by atoms with van der Waals surface area (Å²) in [5.74, 6) is 0.736. The summed E-state index contributed by atoms with van der Waals surface area (Å²) in [5.41, 5.74) is 0. The fourth-order valence-corrected chi connectivity index (χ4v) is 0.368. The van der Waals surface area contributed by atoms with Gasteiger partial charge in [0, 0.05) is 7.05 Å². The van der Waals surface area contributed by atoms with Gasteiger partial charge in [-0.05, 0) is 0 Å². The molecule has 0 aliphatic carbocycles. The largest absolute Gasteiger partial charge is 0.372 e. The van der Waals surface area contributed by atoms with Gasteiger partial charge in [0.05, 0.1) is 6.20 Å². The van der Waals surface area contributed by atoms with Crippen LogP contribution in [-0.2, 0) is 0 Å². The van der Waals surface area contributed by atoms with Crippen molar-refractivity contribution in [1.29, 1.82) is 0 Å². The van der Waals surface area contributed by atoms with E-state index < -0.39 is 0 Å². The zero-order valence-corrected chi connectivity index (χ0v) is 4.50. The van der Waals surface area contributed by atoms with Crippen LogP contribution in [-0.4, -0.2) is 22.2 Å². The first-order valence-corrected chi connectivity index (χ1v) is 2.24. The summed E-state index contributed by atoms with van der Waals surface area (Å²) in [6, 6.07) is 0. The highest BCUT2D eigenvalue weighted by Gasteiger charge is 1.81. The first-order valence-electron chi connectivity index (χ1n) is 2.24. The van der Waals surface area contributed by atoms with E-state index in [9.17, 15) is 0 Å². The molecule has 42 valence electrons. The number of nitrogens with one attached hydrogen (secondary N) is 1. The number of nitrogens with zero attached hydrogens (tertiary/aromatic N) is 3. The molecule has 0 saturated heterocycles. The van der Waals surface area contributed by atoms with E-state index in [2.05, 4.69) is 20.5 Å². The van der Waals surface area contributed by atoms with Gasteiger partial charge in [0.1, 0.15) is 12.1 Å². The van der Waals surface area contributed by atoms with Crippen LogP contribution in [0.3, 0.4) is 0 Å². The SMILES string of the molecule is CNc1cnncn1. The van der Waals surface area contributed by atoms with Gasteiger partial charge in [-0.3, -0.25) is 0 Å². The van der Waals surface area contributed by atoms with Crippen LogP contribution in [0.15, 0.2) is 12.5 Å². The number of aromatic nitrogens is 3. The van der Waals surface area contributed by atoms with Crippen molar-refractivity contribution in [3.63, 3.8) is 0 Å². The van der Waals surface area contributed by atoms with Crippen molar-refractivity contribution in [2.45, 2.75) is 0 Å². The van der Waals surface area contributed by atoms with Gasteiger partial charge in [0.2, 0.25) is 0 Å². The second-order valence-corrected chi connectivity index (χ2v) is 1.24. The lowest BCUT2D eigenvalue weighted by Crippen LogP contribution is -1.92. The van der Waals surface area contributed by atoms with Crippen LogP contribution >= 0.6 is 0 Å². The normalized spacial score (nSPS) is 8.62. The molecule has 0 aliphatic heterocycles. The Labute approximate surface area is 47.0 Å². The molecule has 0 radical (unpaired) electrons. The van der Waals surface area contributed by atoms with Crippen LogP contribution in [0, 0.1) is 0 Å². The molecule has 0 fully saturated rings. The van der Waals surface area contributed by atoms with Crippen LogP contribution < -0.4 is 5.32 Å². The van der Waals surface area contributed by atoms with Crippen molar-refractivity contribution >= 4 is 5.82 Å². The number of rotatable bonds is 1. The number of hydrogen-bond acceptors (Lipinski definition) is 4. The Balaban J connectivity index is 2.83. The molecule has 1 rings (SSSR count). The maximum atomic E-state index is 3.81. The molecule has 0 saturated carbocycles. The molecular weight excluding hydrogens is 104 g/mol. The van der Waals surface area contributed by atoms with Gasteiger partial charge in [0.15, 0.2) is 0 Å². The predicted octanol–water partition coefficient (Wildman–Crippen LogP) is -0.0867. The number of hydrogen-bond donors (Lipinski definition) is 1. The number of anilines is 1. The molecule has 1 N–H and O–H groups in total. The lowest BCUT2D eigenvalue weighted by molar-refractivity contribution is 0.970. The molecule has 0 aromatic carbocycles. The highest BCUT2D eigenvalue weighted by atomic mass is 15.1. The molecule has 0 unspecified atom stereocenters. The van der Waals surface area contributed by atoms with Gasteiger partial charge in [-0.15, -0.1) is 5.10 Å². The Bertz CT molecular complexity index is 149. The lowest BCUT2D eigenvalue weighted by atomic mass is 10.7. The summed E-state index contributed by atoms with van der Waals surface area (Å²) in [4.78, 5) is 3.81. The second kappa shape index (κ2) is 2.20. The van der Waals surface area contributed by atoms with E-state index in [-0.39, 0.29) is 0 Å². The Hall–Kier alpha value is -1.19. The van der Waals surface area contributed by atoms with Crippen molar-refractivity contribution in [2.24, 2.45) is 0 Å². The Morgan fingerprint density at radius 3 is 2.75 bits per heavy atom. The average molecular weight is 110 g/mol. The quantitative estimate of drug-likeness (QED) is 0.549. The molecule has 8 heavy (non-hydrogen) atoms. The first kappa shape index (κ1) is 4.96. The summed E-state index contributed by atoms with van der Waals surface area (Å²) >= 11 is 0. The highest BCUT2D eigenvalue weighted by molar-refractivity contribution is 5.26. The molecule has 0 aliphatic rings. The minimum Gasteiger partial charge on any atom is -0.372 e. The van der Waals surface area contributed by atoms with Gasteiger partial charge >= 0.3 is 0 Å². The minimum absolute atomic E-state index is 0.736. The van der Waals surface area contributed by atoms with E-state index in [0.29, 0.717) is 0 Å². The summed E-state index contributed by atoms with van der Waals surface area (Å²) in [6.45, 7) is 0. The fourth-order valence-electron chi connectivity index (χ4n) is 0.368. The summed E-state index contributed by atoms with van der Waals surface area (Å²) in [6.07, 6.45) is 2.95. The summed E-state index contributed by atoms with van der Waals surface area (Å²) in [5, 5.41) is 9.89. The summed E-state index contributed by atoms with van der Waals surface area (Å²) in [7, 11) is 1.78. The van der Waals surface area contributed by atoms with E-state index in [0.717, 1.165) is 5.82 Å². The Morgan fingerprint density at radius 2 is 2.38 bits per heavy atom. The monoisotopic (exact) mass is 110 g/mol. The zero-order valence-electron chi connectivity index (χ0n) is 4.50. The van der Waals surface area contributed by atoms with Crippen molar-refractivity contribution in [3.8, 4) is 0 Å². The third-order valence-corrected chi connectivity index (χ3v) is 0.751. The van der Waals surface area contributed by atoms with Crippen LogP contribution in [0.5, 0.6) is 0 Å². The zero-order chi connectivity index (χ0) is 5.82. The van der Waals surface area contributed by atoms with E-state index in [1.807, 2.05) is 0 Å². The molecule has 0 bridgehead atoms. The molecular formula is C4H6N4. The smallest absolute Gasteiger partial charge is 0.148 e. The molecule has 4 nitrogen and oxygen atoms in total. The van der Waals surface area contributed by atoms with Crippen molar-refractivity contribution < 1.29 is 0 Å². The van der Waals surface area contributed by atoms with Crippen LogP contribution in [0.1, 0.15) is 0 Å². The van der Waals surface area contributed by atoms with Crippen LogP contribution in [0.4, 0.5) is 5.82 Å². The third-order valence-electron chi connectivity index (χ3n) is 0.751. The van der Waals surface area contributed by atoms with E-state index in [4.69, 9.17) is 0 Å². The second-order valence-electron chi connectivity index (χ2n) is 1.24. The maximum absolute atomic E-state index is 3.81. The van der Waals surface area contributed by atoms with Gasteiger partial charge in [-0.2, -0.15) is 5.10 Å². The van der Waals surface area contributed by atoms with E-state index in [1.165, 1.54) is 6.33 Å². The van der Waals surface area contributed by atoms with Gasteiger partial charge < -0.3 is 5.32 Å². The van der Waals surface area contributed by atoms with E-state index >= 15 is 0 Å². The molecule has 1 aromatic rings. The molecule has 1 aromatic heterocycles. The topological polar surface area (TPSA) is 50.7 Å². The molecule has 0 amide bonds. The fraction of sp³-hybridized carbons (Fsp3) is 0.250. The summed E-state index contributed by atoms with van der Waals surface area (Å²) < 4.78 is 0. The van der Waals surface area contributed by atoms with Gasteiger partial charge in [-0.1, -0.05) is 0 Å². The van der Waals surface area contributed by atoms with Gasteiger partial charge in [0.25, 0.3) is 0 Å². The molecule has 0 spiro atoms. The Kier molecular flexibility index (Phi) is 1.37. The third kappa shape index (κ3) is 0.900. The predicted molar refractivity (Wildman–Crippen MR) is 29.4 cm³/mol. The van der Waals surface area contributed by atoms with Crippen molar-refractivity contribution in [3.05, 3.63) is 12.5 Å². The van der Waals surface area contributed by atoms with Crippen molar-refractivity contribution in [2.75, 3.05) is 12.4 Å². The minimum atomic E-state index is 0.736. The first-order chi connectivity index (χ1) is 3.93. The van der Waals surface area contributed by atoms with Crippen molar-refractivity contribution in [1.82, 2.24) is 15.2 Å². The van der Waals surface area contributed by atoms with Gasteiger partial charge in [-0.25, -0.2) is 4.98 Å². The van der Waals surface area contributed by atoms with Crippen LogP contribution in [0.2, 0.25) is 0 Å². The molecule has 4 heteroatoms. The molecule has 1 heterocycles. The lowest BCUT2D eigenvalue weighted by Gasteiger charge is -1.91. The van der Waals surface area contributed by atoms with Crippen LogP contribution in [0.25, 0.3) is 0 Å². The average Bonchev–Trinajstić information content (AvgIpc) is 1.90. The Morgan fingerprint density at radius 1 is 1.50 bits per heavy atom.